The molecule has 0 radical (unpaired) electrons. The Kier molecular flexibility index (Phi) is 6.17. The molecule has 1 atom stereocenters. The van der Waals surface area contributed by atoms with Gasteiger partial charge in [-0.15, -0.1) is 0 Å². The van der Waals surface area contributed by atoms with Crippen LogP contribution in [0.4, 0.5) is 0 Å². The van der Waals surface area contributed by atoms with Crippen molar-refractivity contribution in [2.24, 2.45) is 4.99 Å². The van der Waals surface area contributed by atoms with Gasteiger partial charge in [-0.05, 0) is 30.7 Å². The third kappa shape index (κ3) is 4.26. The maximum Gasteiger partial charge on any atom is 0.289 e. The Morgan fingerprint density at radius 3 is 2.81 bits per heavy atom. The highest BCUT2D eigenvalue weighted by Gasteiger charge is 2.38. The molecule has 3 heterocycles. The van der Waals surface area contributed by atoms with E-state index in [1.54, 1.807) is 40.3 Å². The quantitative estimate of drug-likeness (QED) is 0.661. The van der Waals surface area contributed by atoms with Crippen molar-refractivity contribution < 1.29 is 13.2 Å². The maximum absolute atomic E-state index is 13.3. The predicted molar refractivity (Wildman–Crippen MR) is 125 cm³/mol. The van der Waals surface area contributed by atoms with E-state index in [0.717, 1.165) is 9.87 Å². The number of rotatable bonds is 4. The smallest absolute Gasteiger partial charge is 0.289 e. The molecule has 0 spiro atoms. The zero-order valence-electron chi connectivity index (χ0n) is 17.2. The van der Waals surface area contributed by atoms with Gasteiger partial charge in [-0.3, -0.25) is 4.79 Å². The molecule has 8 nitrogen and oxygen atoms in total. The average Bonchev–Trinajstić information content (AvgIpc) is 3.17. The minimum atomic E-state index is -3.73. The van der Waals surface area contributed by atoms with E-state index in [0.29, 0.717) is 35.9 Å². The molecule has 11 heteroatoms. The van der Waals surface area contributed by atoms with E-state index in [2.05, 4.69) is 25.9 Å². The summed E-state index contributed by atoms with van der Waals surface area (Å²) in [6.45, 7) is 3.28. The van der Waals surface area contributed by atoms with Gasteiger partial charge in [0.05, 0.1) is 6.54 Å². The van der Waals surface area contributed by atoms with E-state index in [1.807, 2.05) is 14.0 Å². The van der Waals surface area contributed by atoms with Gasteiger partial charge in [-0.2, -0.15) is 4.31 Å². The van der Waals surface area contributed by atoms with Gasteiger partial charge < -0.3 is 14.8 Å². The maximum atomic E-state index is 13.3. The summed E-state index contributed by atoms with van der Waals surface area (Å²) in [5, 5.41) is 1.42. The van der Waals surface area contributed by atoms with Crippen LogP contribution in [0.5, 0.6) is 0 Å². The Hall–Kier alpha value is -1.88. The van der Waals surface area contributed by atoms with Crippen LogP contribution in [0.2, 0.25) is 5.02 Å². The third-order valence-corrected chi connectivity index (χ3v) is 8.10. The second kappa shape index (κ2) is 8.57. The number of amides is 1. The number of hydrogen-bond donors (Lipinski definition) is 1. The molecule has 4 rings (SSSR count). The molecule has 0 saturated carbocycles. The zero-order valence-corrected chi connectivity index (χ0v) is 20.3. The molecule has 1 unspecified atom stereocenters. The molecule has 0 bridgehead atoms. The molecule has 2 aliphatic rings. The molecule has 166 valence electrons. The Balaban J connectivity index is 1.55. The van der Waals surface area contributed by atoms with Crippen LogP contribution in [0.15, 0.2) is 45.0 Å². The summed E-state index contributed by atoms with van der Waals surface area (Å²) in [6, 6.07) is 6.57. The molecule has 2 aliphatic heterocycles. The van der Waals surface area contributed by atoms with Crippen molar-refractivity contribution >= 4 is 60.2 Å². The Labute approximate surface area is 194 Å². The molecule has 31 heavy (non-hydrogen) atoms. The molecule has 0 aliphatic carbocycles. The van der Waals surface area contributed by atoms with E-state index < -0.39 is 10.0 Å². The normalized spacial score (nSPS) is 20.7. The van der Waals surface area contributed by atoms with Crippen LogP contribution in [-0.2, 0) is 14.8 Å². The highest BCUT2D eigenvalue weighted by Crippen LogP contribution is 2.26. The molecule has 1 fully saturated rings. The Morgan fingerprint density at radius 1 is 1.32 bits per heavy atom. The molecule has 2 aromatic rings. The van der Waals surface area contributed by atoms with Crippen molar-refractivity contribution in [1.29, 1.82) is 0 Å². The lowest BCUT2D eigenvalue weighted by Gasteiger charge is -2.41. The summed E-state index contributed by atoms with van der Waals surface area (Å²) in [5.41, 5.74) is 0.710. The standard InChI is InChI=1S/C20H23BrClN5O3S/c1-3-16-12-26(6-7-27(16)20(28)19-23-10-14(21)11-25(19)2)31(29,30)18-9-13-8-15(22)4-5-17(13)24-18/h4-5,8-10,16,24H,3,6-7,11-12H2,1-2H3. The van der Waals surface area contributed by atoms with Crippen molar-refractivity contribution in [3.8, 4) is 0 Å². The average molecular weight is 529 g/mol. The summed E-state index contributed by atoms with van der Waals surface area (Å²) < 4.78 is 28.9. The zero-order chi connectivity index (χ0) is 22.3. The van der Waals surface area contributed by atoms with Crippen molar-refractivity contribution in [2.75, 3.05) is 33.2 Å². The molecule has 1 saturated heterocycles. The SMILES string of the molecule is CCC1CN(S(=O)(=O)c2cc3cc(Cl)ccc3[nH]2)CCN1C(=O)C1=NC=C(Br)CN1C. The molecule has 1 aromatic carbocycles. The van der Waals surface area contributed by atoms with Crippen LogP contribution >= 0.6 is 27.5 Å². The van der Waals surface area contributed by atoms with Crippen LogP contribution in [0, 0.1) is 0 Å². The summed E-state index contributed by atoms with van der Waals surface area (Å²) in [6.07, 6.45) is 2.27. The molecule has 1 N–H and O–H groups in total. The number of carbonyl (C=O) groups excluding carboxylic acids is 1. The summed E-state index contributed by atoms with van der Waals surface area (Å²) in [7, 11) is -1.92. The van der Waals surface area contributed by atoms with E-state index in [-0.39, 0.29) is 30.1 Å². The number of carbonyl (C=O) groups is 1. The molecular weight excluding hydrogens is 506 g/mol. The van der Waals surface area contributed by atoms with Crippen molar-refractivity contribution in [3.05, 3.63) is 40.0 Å². The van der Waals surface area contributed by atoms with Crippen molar-refractivity contribution in [1.82, 2.24) is 19.1 Å². The summed E-state index contributed by atoms with van der Waals surface area (Å²) >= 11 is 9.43. The van der Waals surface area contributed by atoms with Crippen LogP contribution in [0.1, 0.15) is 13.3 Å². The first-order valence-electron chi connectivity index (χ1n) is 9.93. The molecule has 1 aromatic heterocycles. The Morgan fingerprint density at radius 2 is 2.10 bits per heavy atom. The number of nitrogens with zero attached hydrogens (tertiary/aromatic N) is 4. The largest absolute Gasteiger partial charge is 0.350 e. The number of H-pyrrole nitrogens is 1. The number of sulfonamides is 1. The van der Waals surface area contributed by atoms with Gasteiger partial charge >= 0.3 is 0 Å². The monoisotopic (exact) mass is 527 g/mol. The third-order valence-electron chi connectivity index (χ3n) is 5.62. The van der Waals surface area contributed by atoms with Gasteiger partial charge in [-0.25, -0.2) is 13.4 Å². The fraction of sp³-hybridized carbons (Fsp3) is 0.400. The first kappa shape index (κ1) is 22.3. The minimum Gasteiger partial charge on any atom is -0.350 e. The van der Waals surface area contributed by atoms with Crippen molar-refractivity contribution in [3.63, 3.8) is 0 Å². The molecule has 1 amide bonds. The number of aromatic nitrogens is 1. The fourth-order valence-corrected chi connectivity index (χ4v) is 6.08. The number of benzene rings is 1. The first-order chi connectivity index (χ1) is 14.7. The minimum absolute atomic E-state index is 0.130. The topological polar surface area (TPSA) is 89.1 Å². The van der Waals surface area contributed by atoms with Gasteiger partial charge in [0.1, 0.15) is 5.03 Å². The second-order valence-corrected chi connectivity index (χ2v) is 11.0. The number of likely N-dealkylation sites (N-methyl/N-ethyl adjacent to an activating group) is 1. The molecular formula is C20H23BrClN5O3S. The lowest BCUT2D eigenvalue weighted by Crippen LogP contribution is -2.59. The second-order valence-electron chi connectivity index (χ2n) is 7.67. The van der Waals surface area contributed by atoms with E-state index >= 15 is 0 Å². The van der Waals surface area contributed by atoms with E-state index in [1.165, 1.54) is 4.31 Å². The summed E-state index contributed by atoms with van der Waals surface area (Å²) in [5.74, 6) is 0.188. The number of piperazine rings is 1. The van der Waals surface area contributed by atoms with Gasteiger partial charge in [0.15, 0.2) is 5.84 Å². The Bertz CT molecular complexity index is 1190. The number of halogens is 2. The van der Waals surface area contributed by atoms with Gasteiger partial charge in [0, 0.05) is 59.3 Å². The lowest BCUT2D eigenvalue weighted by atomic mass is 10.1. The van der Waals surface area contributed by atoms with Crippen LogP contribution < -0.4 is 0 Å². The highest BCUT2D eigenvalue weighted by molar-refractivity contribution is 9.11. The highest BCUT2D eigenvalue weighted by atomic mass is 79.9. The number of fused-ring (bicyclic) bond motifs is 1. The van der Waals surface area contributed by atoms with Crippen LogP contribution in [-0.4, -0.2) is 78.5 Å². The fourth-order valence-electron chi connectivity index (χ4n) is 3.94. The van der Waals surface area contributed by atoms with Crippen LogP contribution in [0.25, 0.3) is 10.9 Å². The summed E-state index contributed by atoms with van der Waals surface area (Å²) in [4.78, 5) is 23.9. The number of hydrogen-bond acceptors (Lipinski definition) is 5. The van der Waals surface area contributed by atoms with Gasteiger partial charge in [0.25, 0.3) is 15.9 Å². The number of aromatic amines is 1. The predicted octanol–water partition coefficient (Wildman–Crippen LogP) is 3.01. The van der Waals surface area contributed by atoms with E-state index in [4.69, 9.17) is 11.6 Å². The van der Waals surface area contributed by atoms with E-state index in [9.17, 15) is 13.2 Å². The number of nitrogens with one attached hydrogen (secondary N) is 1. The van der Waals surface area contributed by atoms with Crippen LogP contribution in [0.3, 0.4) is 0 Å². The van der Waals surface area contributed by atoms with Gasteiger partial charge in [-0.1, -0.05) is 34.5 Å². The van der Waals surface area contributed by atoms with Gasteiger partial charge in [0.2, 0.25) is 0 Å². The number of amidine groups is 1. The van der Waals surface area contributed by atoms with Crippen molar-refractivity contribution in [2.45, 2.75) is 24.4 Å². The number of aliphatic imine (C=N–C) groups is 1. The lowest BCUT2D eigenvalue weighted by molar-refractivity contribution is -0.128. The first-order valence-corrected chi connectivity index (χ1v) is 12.5.